The van der Waals surface area contributed by atoms with Gasteiger partial charge in [0.1, 0.15) is 29.1 Å². The number of fused-ring (bicyclic) bond motifs is 3. The van der Waals surface area contributed by atoms with E-state index in [0.717, 1.165) is 64.9 Å². The summed E-state index contributed by atoms with van der Waals surface area (Å²) in [6.45, 7) is 4.15. The molecule has 0 saturated heterocycles. The highest BCUT2D eigenvalue weighted by Gasteiger charge is 2.34. The van der Waals surface area contributed by atoms with Gasteiger partial charge in [-0.15, -0.1) is 0 Å². The predicted molar refractivity (Wildman–Crippen MR) is 357 cm³/mol. The zero-order chi connectivity index (χ0) is 61.7. The number of hydrogen-bond donors (Lipinski definition) is 0. The average molecular weight is 1360 g/mol. The maximum Gasteiger partial charge on any atom is 0.416 e. The number of aryl methyl sites for hydroxylation is 2. The first-order valence-corrected chi connectivity index (χ1v) is 33.6. The molecule has 1 heterocycles. The normalized spacial score (nSPS) is 11.5. The smallest absolute Gasteiger partial charge is 0.207 e. The third-order valence-electron chi connectivity index (χ3n) is 13.7. The molecule has 0 fully saturated rings. The van der Waals surface area contributed by atoms with Crippen LogP contribution in [-0.4, -0.2) is 0 Å². The van der Waals surface area contributed by atoms with Crippen LogP contribution in [0.25, 0.3) is 25.1 Å². The van der Waals surface area contributed by atoms with Crippen molar-refractivity contribution in [2.75, 3.05) is 0 Å². The van der Waals surface area contributed by atoms with Gasteiger partial charge >= 0.3 is 6.18 Å². The van der Waals surface area contributed by atoms with Crippen LogP contribution in [0.3, 0.4) is 0 Å². The van der Waals surface area contributed by atoms with Crippen LogP contribution in [0.4, 0.5) is 35.1 Å². The van der Waals surface area contributed by atoms with Gasteiger partial charge in [-0.2, -0.15) is 13.2 Å². The Morgan fingerprint density at radius 3 is 0.875 bits per heavy atom. The van der Waals surface area contributed by atoms with E-state index < -0.39 is 33.1 Å². The Hall–Kier alpha value is -7.92. The van der Waals surface area contributed by atoms with Gasteiger partial charge in [-0.05, 0) is 231 Å². The summed E-state index contributed by atoms with van der Waals surface area (Å²) in [6, 6.07) is 90.5. The van der Waals surface area contributed by atoms with Gasteiger partial charge in [0.05, 0.1) is 49.0 Å². The van der Waals surface area contributed by atoms with Crippen molar-refractivity contribution in [3.8, 4) is 4.90 Å². The molecule has 13 rings (SSSR count). The van der Waals surface area contributed by atoms with E-state index in [0.29, 0.717) is 10.8 Å². The number of hydrogen-bond acceptors (Lipinski definition) is 0. The van der Waals surface area contributed by atoms with Crippen LogP contribution in [0.1, 0.15) is 16.7 Å². The minimum atomic E-state index is -4.31. The van der Waals surface area contributed by atoms with Crippen molar-refractivity contribution in [3.63, 3.8) is 0 Å². The number of alkyl halides is 3. The largest absolute Gasteiger partial charge is 0.416 e. The number of rotatable bonds is 10. The molecule has 0 amide bonds. The van der Waals surface area contributed by atoms with E-state index >= 15 is 0 Å². The van der Waals surface area contributed by atoms with Crippen LogP contribution in [-0.2, 0) is 38.9 Å². The maximum atomic E-state index is 13.6. The van der Waals surface area contributed by atoms with E-state index in [2.05, 4.69) is 127 Å². The average Bonchev–Trinajstić information content (AvgIpc) is 2.26. The highest BCUT2D eigenvalue weighted by atomic mass is 127. The second-order valence-electron chi connectivity index (χ2n) is 19.9. The Bertz CT molecular complexity index is 4140. The molecule has 1 atom stereocenters. The summed E-state index contributed by atoms with van der Waals surface area (Å²) in [6.07, 6.45) is -4.31. The fourth-order valence-electron chi connectivity index (χ4n) is 9.46. The van der Waals surface area contributed by atoms with E-state index in [1.165, 1.54) is 80.9 Å². The van der Waals surface area contributed by atoms with Crippen LogP contribution in [0.15, 0.2) is 341 Å². The molecule has 0 N–H and O–H groups in total. The molecule has 0 spiro atoms. The molecule has 0 aliphatic carbocycles. The van der Waals surface area contributed by atoms with Gasteiger partial charge in [0.2, 0.25) is 0 Å². The molecule has 438 valence electrons. The third-order valence-corrected chi connectivity index (χ3v) is 23.4. The Morgan fingerprint density at radius 2 is 0.557 bits per heavy atom. The minimum Gasteiger partial charge on any atom is -0.207 e. The molecule has 88 heavy (non-hydrogen) atoms. The summed E-state index contributed by atoms with van der Waals surface area (Å²) in [5.41, 5.74) is 1.84. The molecule has 12 aromatic carbocycles. The predicted octanol–water partition coefficient (Wildman–Crippen LogP) is 23.0. The zero-order valence-electron chi connectivity index (χ0n) is 47.3. The molecule has 0 bridgehead atoms. The quantitative estimate of drug-likeness (QED) is 0.0727. The second-order valence-corrected chi connectivity index (χ2v) is 29.2. The van der Waals surface area contributed by atoms with Crippen molar-refractivity contribution in [2.24, 2.45) is 0 Å². The van der Waals surface area contributed by atoms with Gasteiger partial charge in [0.15, 0.2) is 58.4 Å². The number of thiophene rings is 1. The molecular formula is C75H55F8IS4+4. The van der Waals surface area contributed by atoms with E-state index in [-0.39, 0.29) is 50.9 Å². The lowest BCUT2D eigenvalue weighted by molar-refractivity contribution is -0.137. The van der Waals surface area contributed by atoms with E-state index in [1.807, 2.05) is 73.7 Å². The first kappa shape index (κ1) is 63.1. The monoisotopic (exact) mass is 1360 g/mol. The fraction of sp³-hybridized carbons (Fsp3) is 0.0400. The maximum absolute atomic E-state index is 13.6. The van der Waals surface area contributed by atoms with Crippen LogP contribution < -0.4 is 0 Å². The lowest BCUT2D eigenvalue weighted by Crippen LogP contribution is -2.07. The van der Waals surface area contributed by atoms with Gasteiger partial charge in [0.25, 0.3) is 0 Å². The summed E-state index contributed by atoms with van der Waals surface area (Å²) >= 11 is 2.26. The zero-order valence-corrected chi connectivity index (χ0v) is 52.7. The lowest BCUT2D eigenvalue weighted by atomic mass is 10.1. The molecule has 0 nitrogen and oxygen atoms in total. The lowest BCUT2D eigenvalue weighted by Gasteiger charge is -2.10. The summed E-state index contributed by atoms with van der Waals surface area (Å²) in [5.74, 6) is -1.51. The van der Waals surface area contributed by atoms with Crippen LogP contribution >= 0.6 is 33.1 Å². The van der Waals surface area contributed by atoms with E-state index in [1.54, 1.807) is 60.7 Å². The number of halogens is 9. The van der Waals surface area contributed by atoms with E-state index in [9.17, 15) is 35.1 Å². The highest BCUT2D eigenvalue weighted by molar-refractivity contribution is 14.1. The van der Waals surface area contributed by atoms with Crippen LogP contribution in [0.2, 0.25) is 0 Å². The second kappa shape index (κ2) is 29.4. The van der Waals surface area contributed by atoms with Gasteiger partial charge in [-0.3, -0.25) is 0 Å². The fourth-order valence-corrected chi connectivity index (χ4v) is 18.3. The SMILES string of the molecule is Cc1ccc([S+](c2ccccc2)c2ccc(C(F)(F)F)cc2)cc1.Cc1ccc([S+](c2ccccc2)c2ccccc2)cc1.Fc1ccc(-[s+]2c3ccc(F)cc3c3cc(F)ccc32)cc1.Fc1ccc([S+](c2ccc(F)cc2)c2ccc(I)cc2)cc1. The topological polar surface area (TPSA) is 0 Å². The van der Waals surface area contributed by atoms with Crippen molar-refractivity contribution in [1.29, 1.82) is 0 Å². The number of benzene rings is 12. The Labute approximate surface area is 532 Å². The molecule has 0 aliphatic heterocycles. The van der Waals surface area contributed by atoms with Crippen molar-refractivity contribution < 1.29 is 35.1 Å². The summed E-state index contributed by atoms with van der Waals surface area (Å²) in [5, 5.41) is 1.42. The summed E-state index contributed by atoms with van der Waals surface area (Å²) in [7, 11) is -1.29. The van der Waals surface area contributed by atoms with Gasteiger partial charge in [-0.25, -0.2) is 22.0 Å². The van der Waals surface area contributed by atoms with Crippen LogP contribution in [0.5, 0.6) is 0 Å². The molecule has 13 aromatic rings. The molecule has 0 saturated carbocycles. The van der Waals surface area contributed by atoms with Crippen molar-refractivity contribution >= 4 is 85.9 Å². The molecular weight excluding hydrogens is 1310 g/mol. The van der Waals surface area contributed by atoms with Crippen molar-refractivity contribution in [1.82, 2.24) is 0 Å². The Balaban J connectivity index is 0.000000130. The van der Waals surface area contributed by atoms with Gasteiger partial charge < -0.3 is 0 Å². The molecule has 1 unspecified atom stereocenters. The standard InChI is InChI=1S/C20H16F3S.C19H17S.C18H10F3S.C18H12F2IS/c1-15-7-11-18(12-8-15)24(17-5-3-2-4-6-17)19-13-9-16(10-14-19)20(21,22)23;1-16-12-14-19(15-13-16)20(17-8-4-2-5-9-17)18-10-6-3-7-11-18;19-11-1-5-14(6-2-11)22-17-7-3-12(20)9-15(17)16-10-13(21)4-8-18(16)22;19-13-1-7-16(8-2-13)22(17-9-3-14(20)4-10-17)18-11-5-15(21)6-12-18/h2-14H,1H3;2-15H,1H3;1-10H;1-12H/q4*+1. The van der Waals surface area contributed by atoms with Crippen molar-refractivity contribution in [2.45, 2.75) is 64.1 Å². The molecule has 0 radical (unpaired) electrons. The third kappa shape index (κ3) is 16.0. The van der Waals surface area contributed by atoms with Gasteiger partial charge in [0, 0.05) is 38.3 Å². The molecule has 1 aromatic heterocycles. The van der Waals surface area contributed by atoms with Crippen molar-refractivity contribution in [3.05, 3.63) is 347 Å². The van der Waals surface area contributed by atoms with E-state index in [4.69, 9.17) is 0 Å². The summed E-state index contributed by atoms with van der Waals surface area (Å²) in [4.78, 5) is 11.2. The molecule has 13 heteroatoms. The first-order valence-electron chi connectivity index (χ1n) is 27.6. The summed E-state index contributed by atoms with van der Waals surface area (Å²) < 4.78 is 108. The molecule has 0 aliphatic rings. The minimum absolute atomic E-state index is 0.0229. The Morgan fingerprint density at radius 1 is 0.295 bits per heavy atom. The highest BCUT2D eigenvalue weighted by Crippen LogP contribution is 2.49. The first-order chi connectivity index (χ1) is 42.6. The Kier molecular flexibility index (Phi) is 21.1. The van der Waals surface area contributed by atoms with Crippen LogP contribution in [0, 0.1) is 46.5 Å². The van der Waals surface area contributed by atoms with Gasteiger partial charge in [-0.1, -0.05) is 90.0 Å².